The zero-order chi connectivity index (χ0) is 13.1. The number of amides is 1. The number of ether oxygens (including phenoxy) is 1. The number of hydrogen-bond acceptors (Lipinski definition) is 3. The summed E-state index contributed by atoms with van der Waals surface area (Å²) >= 11 is 0. The molecule has 1 atom stereocenters. The molecule has 0 aromatic carbocycles. The molecule has 4 nitrogen and oxygen atoms in total. The van der Waals surface area contributed by atoms with Gasteiger partial charge < -0.3 is 9.64 Å². The molecule has 96 valence electrons. The third-order valence-corrected chi connectivity index (χ3v) is 2.77. The molecule has 0 spiro atoms. The maximum atomic E-state index is 12.9. The van der Waals surface area contributed by atoms with Crippen LogP contribution in [0.4, 0.5) is 4.39 Å². The fraction of sp³-hybridized carbons (Fsp3) is 0.385. The first kappa shape index (κ1) is 12.5. The first-order valence-electron chi connectivity index (χ1n) is 5.80. The summed E-state index contributed by atoms with van der Waals surface area (Å²) in [4.78, 5) is 17.0. The van der Waals surface area contributed by atoms with Gasteiger partial charge in [-0.1, -0.05) is 12.6 Å². The molecule has 1 aromatic rings. The van der Waals surface area contributed by atoms with E-state index in [1.54, 1.807) is 24.0 Å². The van der Waals surface area contributed by atoms with Crippen molar-refractivity contribution in [3.05, 3.63) is 36.3 Å². The highest BCUT2D eigenvalue weighted by Gasteiger charge is 2.27. The maximum Gasteiger partial charge on any atom is 0.249 e. The number of rotatable bonds is 3. The predicted molar refractivity (Wildman–Crippen MR) is 64.6 cm³/mol. The van der Waals surface area contributed by atoms with E-state index in [1.807, 2.05) is 0 Å². The SMILES string of the molecule is C=C(C)C(=O)N1CCC(Oc2cccc(F)n2)C1. The number of aromatic nitrogens is 1. The van der Waals surface area contributed by atoms with Crippen molar-refractivity contribution in [1.29, 1.82) is 0 Å². The van der Waals surface area contributed by atoms with E-state index in [0.29, 0.717) is 18.7 Å². The number of likely N-dealkylation sites (tertiary alicyclic amines) is 1. The van der Waals surface area contributed by atoms with E-state index >= 15 is 0 Å². The van der Waals surface area contributed by atoms with Crippen molar-refractivity contribution < 1.29 is 13.9 Å². The van der Waals surface area contributed by atoms with Crippen molar-refractivity contribution in [2.24, 2.45) is 0 Å². The predicted octanol–water partition coefficient (Wildman–Crippen LogP) is 1.78. The van der Waals surface area contributed by atoms with Crippen LogP contribution < -0.4 is 4.74 Å². The Labute approximate surface area is 105 Å². The lowest BCUT2D eigenvalue weighted by Crippen LogP contribution is -2.31. The summed E-state index contributed by atoms with van der Waals surface area (Å²) in [5.74, 6) is -0.377. The van der Waals surface area contributed by atoms with E-state index in [4.69, 9.17) is 4.74 Å². The van der Waals surface area contributed by atoms with Crippen LogP contribution in [0.2, 0.25) is 0 Å². The van der Waals surface area contributed by atoms with Crippen LogP contribution >= 0.6 is 0 Å². The van der Waals surface area contributed by atoms with E-state index < -0.39 is 5.95 Å². The Morgan fingerprint density at radius 2 is 2.39 bits per heavy atom. The summed E-state index contributed by atoms with van der Waals surface area (Å²) in [5, 5.41) is 0. The zero-order valence-corrected chi connectivity index (χ0v) is 10.2. The Morgan fingerprint density at radius 1 is 1.61 bits per heavy atom. The molecule has 1 unspecified atom stereocenters. The van der Waals surface area contributed by atoms with Crippen molar-refractivity contribution in [1.82, 2.24) is 9.88 Å². The van der Waals surface area contributed by atoms with Gasteiger partial charge in [-0.3, -0.25) is 4.79 Å². The molecule has 0 bridgehead atoms. The number of pyridine rings is 1. The van der Waals surface area contributed by atoms with E-state index in [-0.39, 0.29) is 17.9 Å². The molecule has 1 amide bonds. The maximum absolute atomic E-state index is 12.9. The van der Waals surface area contributed by atoms with Crippen molar-refractivity contribution in [3.63, 3.8) is 0 Å². The number of carbonyl (C=O) groups excluding carboxylic acids is 1. The summed E-state index contributed by atoms with van der Waals surface area (Å²) in [5.41, 5.74) is 0.513. The first-order chi connectivity index (χ1) is 8.56. The van der Waals surface area contributed by atoms with Gasteiger partial charge in [-0.05, 0) is 13.0 Å². The molecule has 2 rings (SSSR count). The Hall–Kier alpha value is -1.91. The molecule has 1 aliphatic rings. The van der Waals surface area contributed by atoms with E-state index in [2.05, 4.69) is 11.6 Å². The van der Waals surface area contributed by atoms with Gasteiger partial charge in [0.25, 0.3) is 0 Å². The average Bonchev–Trinajstić information content (AvgIpc) is 2.76. The van der Waals surface area contributed by atoms with Gasteiger partial charge in [-0.25, -0.2) is 0 Å². The van der Waals surface area contributed by atoms with Crippen LogP contribution in [0.3, 0.4) is 0 Å². The molecule has 1 aromatic heterocycles. The highest BCUT2D eigenvalue weighted by atomic mass is 19.1. The molecule has 0 N–H and O–H groups in total. The number of carbonyl (C=O) groups is 1. The lowest BCUT2D eigenvalue weighted by atomic mass is 10.3. The van der Waals surface area contributed by atoms with Crippen molar-refractivity contribution >= 4 is 5.91 Å². The molecule has 2 heterocycles. The quantitative estimate of drug-likeness (QED) is 0.606. The Bertz CT molecular complexity index is 476. The van der Waals surface area contributed by atoms with Crippen molar-refractivity contribution in [2.45, 2.75) is 19.4 Å². The zero-order valence-electron chi connectivity index (χ0n) is 10.2. The summed E-state index contributed by atoms with van der Waals surface area (Å²) in [6, 6.07) is 4.41. The molecular weight excluding hydrogens is 235 g/mol. The molecule has 1 saturated heterocycles. The normalized spacial score (nSPS) is 18.8. The second kappa shape index (κ2) is 5.16. The molecular formula is C13H15FN2O2. The molecule has 18 heavy (non-hydrogen) atoms. The smallest absolute Gasteiger partial charge is 0.249 e. The van der Waals surface area contributed by atoms with Gasteiger partial charge in [0.15, 0.2) is 0 Å². The van der Waals surface area contributed by atoms with Crippen LogP contribution in [0, 0.1) is 5.95 Å². The van der Waals surface area contributed by atoms with E-state index in [1.165, 1.54) is 6.07 Å². The van der Waals surface area contributed by atoms with Crippen LogP contribution in [0.15, 0.2) is 30.4 Å². The van der Waals surface area contributed by atoms with E-state index in [0.717, 1.165) is 6.42 Å². The fourth-order valence-electron chi connectivity index (χ4n) is 1.90. The molecule has 1 fully saturated rings. The molecule has 1 aliphatic heterocycles. The van der Waals surface area contributed by atoms with Crippen LogP contribution in [-0.4, -0.2) is 35.0 Å². The highest BCUT2D eigenvalue weighted by Crippen LogP contribution is 2.17. The topological polar surface area (TPSA) is 42.4 Å². The second-order valence-corrected chi connectivity index (χ2v) is 4.36. The number of nitrogens with zero attached hydrogens (tertiary/aromatic N) is 2. The van der Waals surface area contributed by atoms with Crippen molar-refractivity contribution in [3.8, 4) is 5.88 Å². The lowest BCUT2D eigenvalue weighted by molar-refractivity contribution is -0.126. The Balaban J connectivity index is 1.94. The highest BCUT2D eigenvalue weighted by molar-refractivity contribution is 5.92. The van der Waals surface area contributed by atoms with Gasteiger partial charge in [-0.2, -0.15) is 9.37 Å². The third kappa shape index (κ3) is 2.85. The van der Waals surface area contributed by atoms with Gasteiger partial charge in [-0.15, -0.1) is 0 Å². The van der Waals surface area contributed by atoms with Crippen LogP contribution in [-0.2, 0) is 4.79 Å². The van der Waals surface area contributed by atoms with Crippen molar-refractivity contribution in [2.75, 3.05) is 13.1 Å². The number of halogens is 1. The summed E-state index contributed by atoms with van der Waals surface area (Å²) in [7, 11) is 0. The molecule has 0 radical (unpaired) electrons. The van der Waals surface area contributed by atoms with Gasteiger partial charge in [0.05, 0.1) is 6.54 Å². The average molecular weight is 250 g/mol. The first-order valence-corrected chi connectivity index (χ1v) is 5.80. The monoisotopic (exact) mass is 250 g/mol. The summed E-state index contributed by atoms with van der Waals surface area (Å²) < 4.78 is 18.4. The van der Waals surface area contributed by atoms with Crippen LogP contribution in [0.5, 0.6) is 5.88 Å². The minimum Gasteiger partial charge on any atom is -0.472 e. The summed E-state index contributed by atoms with van der Waals surface area (Å²) in [6.07, 6.45) is 0.583. The van der Waals surface area contributed by atoms with Gasteiger partial charge in [0.1, 0.15) is 6.10 Å². The van der Waals surface area contributed by atoms with Crippen LogP contribution in [0.1, 0.15) is 13.3 Å². The second-order valence-electron chi connectivity index (χ2n) is 4.36. The van der Waals surface area contributed by atoms with Gasteiger partial charge >= 0.3 is 0 Å². The lowest BCUT2D eigenvalue weighted by Gasteiger charge is -2.16. The minimum atomic E-state index is -0.569. The van der Waals surface area contributed by atoms with E-state index in [9.17, 15) is 9.18 Å². The summed E-state index contributed by atoms with van der Waals surface area (Å²) in [6.45, 7) is 6.43. The van der Waals surface area contributed by atoms with Gasteiger partial charge in [0.2, 0.25) is 17.7 Å². The Morgan fingerprint density at radius 3 is 3.06 bits per heavy atom. The largest absolute Gasteiger partial charge is 0.472 e. The third-order valence-electron chi connectivity index (χ3n) is 2.77. The fourth-order valence-corrected chi connectivity index (χ4v) is 1.90. The standard InChI is InChI=1S/C13H15FN2O2/c1-9(2)13(17)16-7-6-10(8-16)18-12-5-3-4-11(14)15-12/h3-5,10H,1,6-8H2,2H3. The van der Waals surface area contributed by atoms with Crippen LogP contribution in [0.25, 0.3) is 0 Å². The molecule has 0 aliphatic carbocycles. The van der Waals surface area contributed by atoms with Gasteiger partial charge in [0, 0.05) is 24.6 Å². The minimum absolute atomic E-state index is 0.0618. The Kier molecular flexibility index (Phi) is 3.60. The molecule has 0 saturated carbocycles. The number of hydrogen-bond donors (Lipinski definition) is 0. The molecule has 5 heteroatoms.